The van der Waals surface area contributed by atoms with E-state index < -0.39 is 0 Å². The quantitative estimate of drug-likeness (QED) is 0.718. The van der Waals surface area contributed by atoms with E-state index in [1.807, 2.05) is 30.3 Å². The van der Waals surface area contributed by atoms with Crippen molar-refractivity contribution >= 4 is 52.5 Å². The van der Waals surface area contributed by atoms with Gasteiger partial charge in [0.25, 0.3) is 0 Å². The van der Waals surface area contributed by atoms with Gasteiger partial charge in [-0.2, -0.15) is 5.26 Å². The average Bonchev–Trinajstić information content (AvgIpc) is 2.69. The predicted molar refractivity (Wildman–Crippen MR) is 112 cm³/mol. The van der Waals surface area contributed by atoms with Crippen molar-refractivity contribution in [2.24, 2.45) is 0 Å². The van der Waals surface area contributed by atoms with E-state index in [9.17, 15) is 14.9 Å². The molecule has 2 amide bonds. The molecule has 2 aromatic carbocycles. The molecule has 2 N–H and O–H groups in total. The minimum absolute atomic E-state index is 0.0303. The highest BCUT2D eigenvalue weighted by Crippen LogP contribution is 2.35. The molecule has 1 heterocycles. The first kappa shape index (κ1) is 20.3. The molecule has 1 aliphatic heterocycles. The summed E-state index contributed by atoms with van der Waals surface area (Å²) in [4.78, 5) is 24.4. The van der Waals surface area contributed by atoms with E-state index in [0.717, 1.165) is 17.3 Å². The molecule has 142 valence electrons. The molecular weight excluding hydrogens is 417 g/mol. The van der Waals surface area contributed by atoms with E-state index in [4.69, 9.17) is 23.2 Å². The van der Waals surface area contributed by atoms with Gasteiger partial charge in [-0.05, 0) is 23.8 Å². The number of rotatable bonds is 5. The van der Waals surface area contributed by atoms with Gasteiger partial charge >= 0.3 is 0 Å². The van der Waals surface area contributed by atoms with E-state index in [1.165, 1.54) is 0 Å². The fraction of sp³-hybridized carbons (Fsp3) is 0.150. The number of allylic oxidation sites excluding steroid dienone is 1. The lowest BCUT2D eigenvalue weighted by Crippen LogP contribution is -2.31. The van der Waals surface area contributed by atoms with Crippen molar-refractivity contribution in [3.63, 3.8) is 0 Å². The maximum Gasteiger partial charge on any atom is 0.234 e. The van der Waals surface area contributed by atoms with Crippen molar-refractivity contribution in [1.82, 2.24) is 5.32 Å². The molecule has 0 saturated heterocycles. The summed E-state index contributed by atoms with van der Waals surface area (Å²) in [5, 5.41) is 16.2. The minimum Gasteiger partial charge on any atom is -0.325 e. The maximum atomic E-state index is 12.3. The SMILES string of the molecule is N#CC1=C(SCC(=O)Nc2ccc(Cl)c(Cl)c2)NC(=O)C[C@H]1c1ccccc1. The van der Waals surface area contributed by atoms with E-state index in [0.29, 0.717) is 26.3 Å². The molecule has 3 rings (SSSR count). The largest absolute Gasteiger partial charge is 0.325 e. The van der Waals surface area contributed by atoms with Crippen molar-refractivity contribution in [2.45, 2.75) is 12.3 Å². The van der Waals surface area contributed by atoms with Crippen molar-refractivity contribution in [1.29, 1.82) is 5.26 Å². The summed E-state index contributed by atoms with van der Waals surface area (Å²) in [6.45, 7) is 0. The Hall–Kier alpha value is -2.46. The van der Waals surface area contributed by atoms with Gasteiger partial charge in [-0.1, -0.05) is 65.3 Å². The Balaban J connectivity index is 1.73. The number of halogens is 2. The predicted octanol–water partition coefficient (Wildman–Crippen LogP) is 4.70. The fourth-order valence-electron chi connectivity index (χ4n) is 2.81. The highest BCUT2D eigenvalue weighted by atomic mass is 35.5. The second-order valence-electron chi connectivity index (χ2n) is 6.04. The lowest BCUT2D eigenvalue weighted by molar-refractivity contribution is -0.121. The monoisotopic (exact) mass is 431 g/mol. The standard InChI is InChI=1S/C20H15Cl2N3O2S/c21-16-7-6-13(8-17(16)22)24-19(27)11-28-20-15(10-23)14(9-18(26)25-20)12-4-2-1-3-5-12/h1-8,14H,9,11H2,(H,24,27)(H,25,26)/t14-/m0/s1. The normalized spacial score (nSPS) is 16.3. The van der Waals surface area contributed by atoms with Crippen LogP contribution < -0.4 is 10.6 Å². The molecule has 2 aromatic rings. The number of nitriles is 1. The molecule has 0 spiro atoms. The maximum absolute atomic E-state index is 12.3. The zero-order valence-electron chi connectivity index (χ0n) is 14.5. The van der Waals surface area contributed by atoms with Crippen LogP contribution in [0.15, 0.2) is 59.1 Å². The second-order valence-corrected chi connectivity index (χ2v) is 7.84. The Labute approximate surface area is 176 Å². The molecule has 5 nitrogen and oxygen atoms in total. The highest BCUT2D eigenvalue weighted by Gasteiger charge is 2.29. The Morgan fingerprint density at radius 2 is 1.96 bits per heavy atom. The third-order valence-corrected chi connectivity index (χ3v) is 5.87. The number of nitrogens with one attached hydrogen (secondary N) is 2. The van der Waals surface area contributed by atoms with Gasteiger partial charge in [0.1, 0.15) is 0 Å². The van der Waals surface area contributed by atoms with Gasteiger partial charge in [-0.3, -0.25) is 9.59 Å². The third kappa shape index (κ3) is 4.87. The molecule has 8 heteroatoms. The van der Waals surface area contributed by atoms with Crippen molar-refractivity contribution in [3.8, 4) is 6.07 Å². The number of amides is 2. The topological polar surface area (TPSA) is 82.0 Å². The van der Waals surface area contributed by atoms with Crippen LogP contribution in [0.5, 0.6) is 0 Å². The van der Waals surface area contributed by atoms with Crippen LogP contribution in [0.1, 0.15) is 17.9 Å². The number of carbonyl (C=O) groups excluding carboxylic acids is 2. The van der Waals surface area contributed by atoms with E-state index in [2.05, 4.69) is 16.7 Å². The lowest BCUT2D eigenvalue weighted by Gasteiger charge is -2.25. The van der Waals surface area contributed by atoms with Crippen LogP contribution >= 0.6 is 35.0 Å². The Bertz CT molecular complexity index is 987. The summed E-state index contributed by atoms with van der Waals surface area (Å²) in [6.07, 6.45) is 0.201. The Morgan fingerprint density at radius 1 is 1.21 bits per heavy atom. The number of anilines is 1. The molecule has 0 aliphatic carbocycles. The molecule has 0 aromatic heterocycles. The van der Waals surface area contributed by atoms with Crippen LogP contribution in [-0.4, -0.2) is 17.6 Å². The summed E-state index contributed by atoms with van der Waals surface area (Å²) in [5.41, 5.74) is 1.87. The Kier molecular flexibility index (Phi) is 6.63. The minimum atomic E-state index is -0.319. The smallest absolute Gasteiger partial charge is 0.234 e. The summed E-state index contributed by atoms with van der Waals surface area (Å²) in [6, 6.07) is 16.4. The first-order chi connectivity index (χ1) is 13.5. The van der Waals surface area contributed by atoms with Gasteiger partial charge in [0, 0.05) is 18.0 Å². The molecule has 0 radical (unpaired) electrons. The molecule has 0 unspecified atom stereocenters. The number of benzene rings is 2. The second kappa shape index (κ2) is 9.16. The van der Waals surface area contributed by atoms with Crippen molar-refractivity contribution in [3.05, 3.63) is 74.7 Å². The van der Waals surface area contributed by atoms with Gasteiger partial charge in [0.05, 0.1) is 32.5 Å². The summed E-state index contributed by atoms with van der Waals surface area (Å²) in [5.74, 6) is -0.757. The lowest BCUT2D eigenvalue weighted by atomic mass is 9.87. The van der Waals surface area contributed by atoms with Crippen molar-refractivity contribution in [2.75, 3.05) is 11.1 Å². The molecule has 28 heavy (non-hydrogen) atoms. The van der Waals surface area contributed by atoms with Crippen LogP contribution in [0.4, 0.5) is 5.69 Å². The Morgan fingerprint density at radius 3 is 2.64 bits per heavy atom. The van der Waals surface area contributed by atoms with E-state index in [-0.39, 0.29) is 29.9 Å². The van der Waals surface area contributed by atoms with E-state index >= 15 is 0 Å². The number of nitrogens with zero attached hydrogens (tertiary/aromatic N) is 1. The number of hydrogen-bond donors (Lipinski definition) is 2. The summed E-state index contributed by atoms with van der Waals surface area (Å²) >= 11 is 12.9. The number of carbonyl (C=O) groups is 2. The van der Waals surface area contributed by atoms with Gasteiger partial charge in [-0.25, -0.2) is 0 Å². The van der Waals surface area contributed by atoms with Crippen LogP contribution in [0, 0.1) is 11.3 Å². The first-order valence-electron chi connectivity index (χ1n) is 8.34. The molecule has 0 bridgehead atoms. The van der Waals surface area contributed by atoms with Gasteiger partial charge in [-0.15, -0.1) is 0 Å². The highest BCUT2D eigenvalue weighted by molar-refractivity contribution is 8.03. The first-order valence-corrected chi connectivity index (χ1v) is 10.1. The van der Waals surface area contributed by atoms with Gasteiger partial charge in [0.2, 0.25) is 11.8 Å². The molecule has 1 aliphatic rings. The van der Waals surface area contributed by atoms with Crippen molar-refractivity contribution < 1.29 is 9.59 Å². The van der Waals surface area contributed by atoms with Crippen LogP contribution in [0.2, 0.25) is 10.0 Å². The zero-order valence-corrected chi connectivity index (χ0v) is 16.9. The van der Waals surface area contributed by atoms with Crippen LogP contribution in [0.25, 0.3) is 0 Å². The molecule has 0 fully saturated rings. The zero-order chi connectivity index (χ0) is 20.1. The van der Waals surface area contributed by atoms with Gasteiger partial charge < -0.3 is 10.6 Å². The number of hydrogen-bond acceptors (Lipinski definition) is 4. The van der Waals surface area contributed by atoms with Gasteiger partial charge in [0.15, 0.2) is 0 Å². The van der Waals surface area contributed by atoms with Crippen LogP contribution in [-0.2, 0) is 9.59 Å². The third-order valence-electron chi connectivity index (χ3n) is 4.11. The average molecular weight is 432 g/mol. The molecular formula is C20H15Cl2N3O2S. The van der Waals surface area contributed by atoms with Crippen LogP contribution in [0.3, 0.4) is 0 Å². The molecule has 0 saturated carbocycles. The number of thioether (sulfide) groups is 1. The van der Waals surface area contributed by atoms with E-state index in [1.54, 1.807) is 18.2 Å². The summed E-state index contributed by atoms with van der Waals surface area (Å²) < 4.78 is 0. The summed E-state index contributed by atoms with van der Waals surface area (Å²) in [7, 11) is 0. The molecule has 1 atom stereocenters. The fourth-order valence-corrected chi connectivity index (χ4v) is 3.99.